The number of carboxylic acid groups (broad SMARTS) is 1. The second-order valence-electron chi connectivity index (χ2n) is 9.08. The van der Waals surface area contributed by atoms with Gasteiger partial charge in [0.2, 0.25) is 17.7 Å². The van der Waals surface area contributed by atoms with Crippen molar-refractivity contribution in [1.29, 1.82) is 0 Å². The zero-order chi connectivity index (χ0) is 28.0. The van der Waals surface area contributed by atoms with Crippen molar-refractivity contribution in [2.75, 3.05) is 13.2 Å². The maximum atomic E-state index is 13.0. The van der Waals surface area contributed by atoms with Crippen LogP contribution in [0.3, 0.4) is 0 Å². The van der Waals surface area contributed by atoms with Gasteiger partial charge in [-0.15, -0.1) is 0 Å². The first-order valence-corrected chi connectivity index (χ1v) is 12.0. The predicted molar refractivity (Wildman–Crippen MR) is 138 cm³/mol. The Morgan fingerprint density at radius 3 is 2.03 bits per heavy atom. The average Bonchev–Trinajstić information content (AvgIpc) is 2.83. The molecule has 4 unspecified atom stereocenters. The monoisotopic (exact) mass is 521 g/mol. The molecule has 0 fully saturated rings. The summed E-state index contributed by atoms with van der Waals surface area (Å²) in [7, 11) is 0. The van der Waals surface area contributed by atoms with Gasteiger partial charge in [-0.2, -0.15) is 0 Å². The first kappa shape index (κ1) is 31.3. The number of guanidine groups is 1. The van der Waals surface area contributed by atoms with Crippen LogP contribution in [0.15, 0.2) is 35.3 Å². The lowest BCUT2D eigenvalue weighted by Gasteiger charge is -2.24. The standard InChI is InChI=1S/C24H39N7O6/c1-14(2)11-18(23(36)37)30-22(35)19(13-32)31-21(34)17(9-6-10-28-24(26)27)29-20(33)16(25)12-15-7-4-3-5-8-15/h3-5,7-8,14,16-19,32H,6,9-13,25H2,1-2H3,(H,29,33)(H,30,35)(H,31,34)(H,36,37)(H4,26,27,28). The van der Waals surface area contributed by atoms with E-state index in [0.29, 0.717) is 6.42 Å². The molecule has 0 heterocycles. The fourth-order valence-corrected chi connectivity index (χ4v) is 3.44. The van der Waals surface area contributed by atoms with Crippen LogP contribution in [0.4, 0.5) is 0 Å². The van der Waals surface area contributed by atoms with Gasteiger partial charge in [0.15, 0.2) is 5.96 Å². The summed E-state index contributed by atoms with van der Waals surface area (Å²) in [5.74, 6) is -3.58. The van der Waals surface area contributed by atoms with Crippen molar-refractivity contribution in [3.8, 4) is 0 Å². The summed E-state index contributed by atoms with van der Waals surface area (Å²) in [6.45, 7) is 3.00. The summed E-state index contributed by atoms with van der Waals surface area (Å²) in [4.78, 5) is 53.7. The first-order chi connectivity index (χ1) is 17.4. The van der Waals surface area contributed by atoms with Crippen LogP contribution in [0.5, 0.6) is 0 Å². The number of amides is 3. The van der Waals surface area contributed by atoms with Gasteiger partial charge in [-0.25, -0.2) is 4.79 Å². The minimum absolute atomic E-state index is 0.0199. The number of aliphatic imine (C=N–C) groups is 1. The Morgan fingerprint density at radius 2 is 1.49 bits per heavy atom. The summed E-state index contributed by atoms with van der Waals surface area (Å²) >= 11 is 0. The third-order valence-electron chi connectivity index (χ3n) is 5.35. The van der Waals surface area contributed by atoms with Crippen LogP contribution < -0.4 is 33.2 Å². The molecule has 11 N–H and O–H groups in total. The van der Waals surface area contributed by atoms with Crippen LogP contribution in [0, 0.1) is 5.92 Å². The van der Waals surface area contributed by atoms with Crippen molar-refractivity contribution in [1.82, 2.24) is 16.0 Å². The second kappa shape index (κ2) is 16.1. The van der Waals surface area contributed by atoms with Crippen molar-refractivity contribution in [2.45, 2.75) is 63.7 Å². The quantitative estimate of drug-likeness (QED) is 0.0694. The van der Waals surface area contributed by atoms with Gasteiger partial charge in [0.05, 0.1) is 12.6 Å². The topological polar surface area (TPSA) is 235 Å². The van der Waals surface area contributed by atoms with Gasteiger partial charge in [0, 0.05) is 6.54 Å². The number of carbonyl (C=O) groups excluding carboxylic acids is 3. The summed E-state index contributed by atoms with van der Waals surface area (Å²) in [6, 6.07) is 4.42. The molecule has 1 rings (SSSR count). The molecule has 1 aromatic carbocycles. The summed E-state index contributed by atoms with van der Waals surface area (Å²) < 4.78 is 0. The molecular formula is C24H39N7O6. The molecule has 206 valence electrons. The highest BCUT2D eigenvalue weighted by Crippen LogP contribution is 2.07. The Balaban J connectivity index is 2.91. The molecule has 3 amide bonds. The second-order valence-corrected chi connectivity index (χ2v) is 9.08. The zero-order valence-corrected chi connectivity index (χ0v) is 21.2. The van der Waals surface area contributed by atoms with Crippen molar-refractivity contribution in [3.05, 3.63) is 35.9 Å². The van der Waals surface area contributed by atoms with Crippen LogP contribution in [0.1, 0.15) is 38.7 Å². The van der Waals surface area contributed by atoms with E-state index in [-0.39, 0.29) is 37.7 Å². The van der Waals surface area contributed by atoms with Crippen LogP contribution >= 0.6 is 0 Å². The zero-order valence-electron chi connectivity index (χ0n) is 21.2. The third kappa shape index (κ3) is 12.2. The lowest BCUT2D eigenvalue weighted by atomic mass is 10.0. The van der Waals surface area contributed by atoms with Gasteiger partial charge in [-0.1, -0.05) is 44.2 Å². The van der Waals surface area contributed by atoms with E-state index < -0.39 is 54.5 Å². The maximum Gasteiger partial charge on any atom is 0.326 e. The summed E-state index contributed by atoms with van der Waals surface area (Å²) in [6.07, 6.45) is 0.825. The van der Waals surface area contributed by atoms with E-state index in [0.717, 1.165) is 5.56 Å². The van der Waals surface area contributed by atoms with E-state index in [4.69, 9.17) is 17.2 Å². The van der Waals surface area contributed by atoms with E-state index in [1.165, 1.54) is 0 Å². The highest BCUT2D eigenvalue weighted by atomic mass is 16.4. The molecule has 13 nitrogen and oxygen atoms in total. The largest absolute Gasteiger partial charge is 0.480 e. The van der Waals surface area contributed by atoms with E-state index in [1.54, 1.807) is 13.8 Å². The smallest absolute Gasteiger partial charge is 0.326 e. The Bertz CT molecular complexity index is 921. The fourth-order valence-electron chi connectivity index (χ4n) is 3.44. The van der Waals surface area contributed by atoms with Gasteiger partial charge in [-0.3, -0.25) is 19.4 Å². The third-order valence-corrected chi connectivity index (χ3v) is 5.35. The molecule has 0 aromatic heterocycles. The number of nitrogens with one attached hydrogen (secondary N) is 3. The molecule has 37 heavy (non-hydrogen) atoms. The van der Waals surface area contributed by atoms with Crippen LogP contribution in [0.25, 0.3) is 0 Å². The summed E-state index contributed by atoms with van der Waals surface area (Å²) in [5.41, 5.74) is 17.5. The van der Waals surface area contributed by atoms with Gasteiger partial charge in [0.1, 0.15) is 18.1 Å². The Kier molecular flexibility index (Phi) is 13.6. The minimum atomic E-state index is -1.43. The van der Waals surface area contributed by atoms with Gasteiger partial charge >= 0.3 is 5.97 Å². The number of hydrogen-bond donors (Lipinski definition) is 8. The number of aliphatic hydroxyl groups is 1. The lowest BCUT2D eigenvalue weighted by molar-refractivity contribution is -0.143. The summed E-state index contributed by atoms with van der Waals surface area (Å²) in [5, 5.41) is 26.3. The number of nitrogens with zero attached hydrogens (tertiary/aromatic N) is 1. The Morgan fingerprint density at radius 1 is 0.919 bits per heavy atom. The number of aliphatic hydroxyl groups excluding tert-OH is 1. The minimum Gasteiger partial charge on any atom is -0.480 e. The van der Waals surface area contributed by atoms with E-state index in [2.05, 4.69) is 20.9 Å². The first-order valence-electron chi connectivity index (χ1n) is 12.0. The molecule has 0 spiro atoms. The van der Waals surface area contributed by atoms with Crippen molar-refractivity contribution < 1.29 is 29.4 Å². The Hall–Kier alpha value is -3.71. The molecular weight excluding hydrogens is 482 g/mol. The molecule has 0 aliphatic rings. The van der Waals surface area contributed by atoms with Gasteiger partial charge in [0.25, 0.3) is 0 Å². The number of carbonyl (C=O) groups is 4. The number of hydrogen-bond acceptors (Lipinski definition) is 7. The molecule has 4 atom stereocenters. The molecule has 1 aromatic rings. The van der Waals surface area contributed by atoms with Crippen LogP contribution in [-0.2, 0) is 25.6 Å². The number of benzene rings is 1. The highest BCUT2D eigenvalue weighted by molar-refractivity contribution is 5.94. The number of nitrogens with two attached hydrogens (primary N) is 3. The van der Waals surface area contributed by atoms with Crippen LogP contribution in [0.2, 0.25) is 0 Å². The molecule has 0 aliphatic carbocycles. The van der Waals surface area contributed by atoms with Crippen LogP contribution in [-0.4, -0.2) is 77.2 Å². The number of carboxylic acids is 1. The SMILES string of the molecule is CC(C)CC(NC(=O)C(CO)NC(=O)C(CCCN=C(N)N)NC(=O)C(N)Cc1ccccc1)C(=O)O. The maximum absolute atomic E-state index is 13.0. The number of aliphatic carboxylic acids is 1. The predicted octanol–water partition coefficient (Wildman–Crippen LogP) is -1.81. The van der Waals surface area contributed by atoms with Crippen molar-refractivity contribution >= 4 is 29.7 Å². The molecule has 0 bridgehead atoms. The lowest BCUT2D eigenvalue weighted by Crippen LogP contribution is -2.58. The molecule has 0 radical (unpaired) electrons. The van der Waals surface area contributed by atoms with Crippen molar-refractivity contribution in [3.63, 3.8) is 0 Å². The fraction of sp³-hybridized carbons (Fsp3) is 0.542. The van der Waals surface area contributed by atoms with E-state index in [1.807, 2.05) is 30.3 Å². The van der Waals surface area contributed by atoms with Gasteiger partial charge in [-0.05, 0) is 37.2 Å². The average molecular weight is 522 g/mol. The molecule has 0 saturated heterocycles. The van der Waals surface area contributed by atoms with E-state index in [9.17, 15) is 29.4 Å². The number of rotatable bonds is 16. The van der Waals surface area contributed by atoms with Gasteiger partial charge < -0.3 is 43.4 Å². The molecule has 13 heteroatoms. The van der Waals surface area contributed by atoms with E-state index >= 15 is 0 Å². The highest BCUT2D eigenvalue weighted by Gasteiger charge is 2.30. The normalized spacial score (nSPS) is 14.1. The Labute approximate surface area is 216 Å². The molecule has 0 aliphatic heterocycles. The molecule has 0 saturated carbocycles. The van der Waals surface area contributed by atoms with Crippen molar-refractivity contribution in [2.24, 2.45) is 28.1 Å².